The van der Waals surface area contributed by atoms with Crippen LogP contribution in [0.5, 0.6) is 5.75 Å². The number of esters is 1. The molecule has 0 fully saturated rings. The third-order valence-electron chi connectivity index (χ3n) is 7.06. The van der Waals surface area contributed by atoms with E-state index in [1.54, 1.807) is 24.3 Å². The standard InChI is InChI=1S/C38H33NO4/c1-42-38(41)36(39-35-17-9-8-16-34(35)37(40)32-14-6-3-7-15-32)27-29-20-24-33(25-21-29)43-26-10-11-28-18-22-31(23-19-28)30-12-4-2-5-13-30/h2-25,36,39H,26-27H2,1H3. The molecule has 0 spiro atoms. The number of carbonyl (C=O) groups excluding carboxylic acids is 2. The molecule has 5 nitrogen and oxygen atoms in total. The highest BCUT2D eigenvalue weighted by Crippen LogP contribution is 2.23. The molecular formula is C38H33NO4. The molecule has 0 bridgehead atoms. The molecule has 0 aliphatic carbocycles. The lowest BCUT2D eigenvalue weighted by Crippen LogP contribution is -2.33. The minimum absolute atomic E-state index is 0.118. The highest BCUT2D eigenvalue weighted by atomic mass is 16.5. The fourth-order valence-electron chi connectivity index (χ4n) is 4.78. The summed E-state index contributed by atoms with van der Waals surface area (Å²) in [6.45, 7) is 0.429. The number of methoxy groups -OCH3 is 1. The molecule has 5 heteroatoms. The summed E-state index contributed by atoms with van der Waals surface area (Å²) in [5, 5.41) is 3.25. The van der Waals surface area contributed by atoms with Crippen LogP contribution in [0.1, 0.15) is 27.0 Å². The van der Waals surface area contributed by atoms with Crippen LogP contribution in [-0.4, -0.2) is 31.5 Å². The van der Waals surface area contributed by atoms with Gasteiger partial charge in [-0.05, 0) is 52.6 Å². The van der Waals surface area contributed by atoms with Crippen LogP contribution in [0.25, 0.3) is 17.2 Å². The lowest BCUT2D eigenvalue weighted by molar-refractivity contribution is -0.141. The van der Waals surface area contributed by atoms with E-state index in [1.807, 2.05) is 84.9 Å². The van der Waals surface area contributed by atoms with E-state index < -0.39 is 12.0 Å². The van der Waals surface area contributed by atoms with E-state index in [0.717, 1.165) is 16.9 Å². The van der Waals surface area contributed by atoms with Crippen LogP contribution in [0.4, 0.5) is 5.69 Å². The molecular weight excluding hydrogens is 534 g/mol. The molecule has 0 saturated carbocycles. The molecule has 0 radical (unpaired) electrons. The minimum Gasteiger partial charge on any atom is -0.490 e. The van der Waals surface area contributed by atoms with Crippen LogP contribution in [0.15, 0.2) is 140 Å². The number of anilines is 1. The zero-order chi connectivity index (χ0) is 29.9. The van der Waals surface area contributed by atoms with Crippen LogP contribution in [-0.2, 0) is 16.0 Å². The first-order valence-electron chi connectivity index (χ1n) is 14.2. The van der Waals surface area contributed by atoms with Crippen molar-refractivity contribution in [3.05, 3.63) is 162 Å². The summed E-state index contributed by atoms with van der Waals surface area (Å²) < 4.78 is 11.0. The molecule has 5 aromatic carbocycles. The van der Waals surface area contributed by atoms with Gasteiger partial charge in [0.15, 0.2) is 5.78 Å². The van der Waals surface area contributed by atoms with E-state index in [0.29, 0.717) is 29.8 Å². The number of hydrogen-bond donors (Lipinski definition) is 1. The van der Waals surface area contributed by atoms with Gasteiger partial charge in [-0.3, -0.25) is 4.79 Å². The molecule has 0 amide bonds. The first-order chi connectivity index (χ1) is 21.1. The van der Waals surface area contributed by atoms with Gasteiger partial charge in [-0.1, -0.05) is 115 Å². The Balaban J connectivity index is 1.18. The Morgan fingerprint density at radius 1 is 0.721 bits per heavy atom. The van der Waals surface area contributed by atoms with Crippen molar-refractivity contribution >= 4 is 23.5 Å². The van der Waals surface area contributed by atoms with Gasteiger partial charge in [-0.25, -0.2) is 4.79 Å². The van der Waals surface area contributed by atoms with Crippen LogP contribution in [0, 0.1) is 0 Å². The minimum atomic E-state index is -0.683. The van der Waals surface area contributed by atoms with Crippen molar-refractivity contribution < 1.29 is 19.1 Å². The first kappa shape index (κ1) is 29.1. The van der Waals surface area contributed by atoms with Crippen molar-refractivity contribution in [1.29, 1.82) is 0 Å². The van der Waals surface area contributed by atoms with E-state index in [4.69, 9.17) is 9.47 Å². The molecule has 0 aliphatic rings. The van der Waals surface area contributed by atoms with Crippen LogP contribution in [0.3, 0.4) is 0 Å². The molecule has 5 aromatic rings. The predicted octanol–water partition coefficient (Wildman–Crippen LogP) is 7.87. The molecule has 1 N–H and O–H groups in total. The van der Waals surface area contributed by atoms with Gasteiger partial charge in [-0.2, -0.15) is 0 Å². The Kier molecular flexibility index (Phi) is 9.78. The van der Waals surface area contributed by atoms with Gasteiger partial charge < -0.3 is 14.8 Å². The maximum absolute atomic E-state index is 13.2. The van der Waals surface area contributed by atoms with E-state index in [1.165, 1.54) is 18.2 Å². The number of para-hydroxylation sites is 1. The third kappa shape index (κ3) is 7.86. The second-order valence-corrected chi connectivity index (χ2v) is 10.0. The SMILES string of the molecule is COC(=O)C(Cc1ccc(OCC=Cc2ccc(-c3ccccc3)cc2)cc1)Nc1ccccc1C(=O)c1ccccc1. The summed E-state index contributed by atoms with van der Waals surface area (Å²) in [6, 6.07) is 41.9. The summed E-state index contributed by atoms with van der Waals surface area (Å²) >= 11 is 0. The zero-order valence-corrected chi connectivity index (χ0v) is 24.0. The second-order valence-electron chi connectivity index (χ2n) is 10.0. The number of carbonyl (C=O) groups is 2. The molecule has 0 aliphatic heterocycles. The van der Waals surface area contributed by atoms with Crippen molar-refractivity contribution in [2.24, 2.45) is 0 Å². The van der Waals surface area contributed by atoms with Crippen molar-refractivity contribution in [3.8, 4) is 16.9 Å². The Hall–Kier alpha value is -5.42. The van der Waals surface area contributed by atoms with Gasteiger partial charge in [0, 0.05) is 23.2 Å². The van der Waals surface area contributed by atoms with Crippen molar-refractivity contribution in [3.63, 3.8) is 0 Å². The molecule has 1 unspecified atom stereocenters. The van der Waals surface area contributed by atoms with E-state index in [2.05, 4.69) is 41.7 Å². The summed E-state index contributed by atoms with van der Waals surface area (Å²) in [5.41, 5.74) is 6.06. The highest BCUT2D eigenvalue weighted by Gasteiger charge is 2.22. The average molecular weight is 568 g/mol. The number of ketones is 1. The van der Waals surface area contributed by atoms with E-state index in [-0.39, 0.29) is 5.78 Å². The van der Waals surface area contributed by atoms with Gasteiger partial charge in [0.05, 0.1) is 7.11 Å². The number of ether oxygens (including phenoxy) is 2. The maximum atomic E-state index is 13.2. The fraction of sp³-hybridized carbons (Fsp3) is 0.105. The topological polar surface area (TPSA) is 64.6 Å². The van der Waals surface area contributed by atoms with Crippen molar-refractivity contribution in [2.45, 2.75) is 12.5 Å². The highest BCUT2D eigenvalue weighted by molar-refractivity contribution is 6.12. The molecule has 5 rings (SSSR count). The van der Waals surface area contributed by atoms with Gasteiger partial charge in [0.25, 0.3) is 0 Å². The summed E-state index contributed by atoms with van der Waals surface area (Å²) in [4.78, 5) is 25.9. The van der Waals surface area contributed by atoms with Gasteiger partial charge in [-0.15, -0.1) is 0 Å². The Morgan fingerprint density at radius 3 is 2.05 bits per heavy atom. The second kappa shape index (κ2) is 14.5. The monoisotopic (exact) mass is 567 g/mol. The molecule has 0 aromatic heterocycles. The van der Waals surface area contributed by atoms with Gasteiger partial charge in [0.2, 0.25) is 0 Å². The van der Waals surface area contributed by atoms with Gasteiger partial charge >= 0.3 is 5.97 Å². The lowest BCUT2D eigenvalue weighted by atomic mass is 10.00. The van der Waals surface area contributed by atoms with Crippen LogP contribution < -0.4 is 10.1 Å². The van der Waals surface area contributed by atoms with Crippen molar-refractivity contribution in [1.82, 2.24) is 0 Å². The Bertz CT molecular complexity index is 1660. The quantitative estimate of drug-likeness (QED) is 0.123. The Labute approximate surface area is 252 Å². The maximum Gasteiger partial charge on any atom is 0.328 e. The van der Waals surface area contributed by atoms with Crippen molar-refractivity contribution in [2.75, 3.05) is 19.0 Å². The lowest BCUT2D eigenvalue weighted by Gasteiger charge is -2.20. The fourth-order valence-corrected chi connectivity index (χ4v) is 4.78. The number of nitrogens with one attached hydrogen (secondary N) is 1. The predicted molar refractivity (Wildman–Crippen MR) is 172 cm³/mol. The van der Waals surface area contributed by atoms with Crippen LogP contribution in [0.2, 0.25) is 0 Å². The molecule has 214 valence electrons. The summed E-state index contributed by atoms with van der Waals surface area (Å²) in [7, 11) is 1.36. The van der Waals surface area contributed by atoms with E-state index in [9.17, 15) is 9.59 Å². The molecule has 0 heterocycles. The smallest absolute Gasteiger partial charge is 0.328 e. The number of rotatable bonds is 12. The molecule has 0 saturated heterocycles. The van der Waals surface area contributed by atoms with E-state index >= 15 is 0 Å². The largest absolute Gasteiger partial charge is 0.490 e. The van der Waals surface area contributed by atoms with Gasteiger partial charge in [0.1, 0.15) is 18.4 Å². The normalized spacial score (nSPS) is 11.6. The first-order valence-corrected chi connectivity index (χ1v) is 14.2. The summed E-state index contributed by atoms with van der Waals surface area (Å²) in [5.74, 6) is 0.200. The number of benzene rings is 5. The summed E-state index contributed by atoms with van der Waals surface area (Å²) in [6.07, 6.45) is 4.40. The van der Waals surface area contributed by atoms with Crippen LogP contribution >= 0.6 is 0 Å². The number of hydrogen-bond acceptors (Lipinski definition) is 5. The average Bonchev–Trinajstić information content (AvgIpc) is 3.07. The Morgan fingerprint density at radius 2 is 1.35 bits per heavy atom. The zero-order valence-electron chi connectivity index (χ0n) is 24.0. The third-order valence-corrected chi connectivity index (χ3v) is 7.06. The molecule has 1 atom stereocenters. The molecule has 43 heavy (non-hydrogen) atoms.